The number of anilines is 1. The quantitative estimate of drug-likeness (QED) is 0.372. The van der Waals surface area contributed by atoms with Crippen LogP contribution in [0.15, 0.2) is 35.3 Å². The molecule has 1 N–H and O–H groups in total. The number of rotatable bonds is 6. The van der Waals surface area contributed by atoms with E-state index in [2.05, 4.69) is 73.1 Å². The Labute approximate surface area is 219 Å². The third-order valence-corrected chi connectivity index (χ3v) is 8.94. The summed E-state index contributed by atoms with van der Waals surface area (Å²) >= 11 is 1.72. The number of aliphatic imine (C=N–C) groups is 1. The average molecular weight is 503 g/mol. The van der Waals surface area contributed by atoms with Crippen LogP contribution in [0, 0.1) is 13.8 Å². The standard InChI is InChI=1S/C30H38N4OS/c1-20-18-22(21(2)34(20)25-16-14-24(15-17-25)33(3)4)19-31-30-28(26-12-8-9-13-27(26)36-30)29(35)32-23-10-6-5-7-11-23/h14-19,23H,5-13H2,1-4H3,(H,32,35). The molecular weight excluding hydrogens is 464 g/mol. The number of carbonyl (C=O) groups is 1. The molecule has 190 valence electrons. The Hall–Kier alpha value is -2.86. The minimum atomic E-state index is 0.0832. The molecule has 36 heavy (non-hydrogen) atoms. The Balaban J connectivity index is 1.44. The lowest BCUT2D eigenvalue weighted by atomic mass is 9.93. The molecule has 0 spiro atoms. The fourth-order valence-corrected chi connectivity index (χ4v) is 6.96. The fraction of sp³-hybridized carbons (Fsp3) is 0.467. The van der Waals surface area contributed by atoms with E-state index < -0.39 is 0 Å². The third kappa shape index (κ3) is 5.01. The highest BCUT2D eigenvalue weighted by atomic mass is 32.1. The highest BCUT2D eigenvalue weighted by Gasteiger charge is 2.27. The first-order chi connectivity index (χ1) is 17.4. The fourth-order valence-electron chi connectivity index (χ4n) is 5.72. The number of thiophene rings is 1. The first-order valence-electron chi connectivity index (χ1n) is 13.4. The smallest absolute Gasteiger partial charge is 0.254 e. The molecule has 1 amide bonds. The summed E-state index contributed by atoms with van der Waals surface area (Å²) in [6, 6.07) is 11.1. The van der Waals surface area contributed by atoms with Crippen molar-refractivity contribution in [3.8, 4) is 5.69 Å². The molecule has 5 nitrogen and oxygen atoms in total. The van der Waals surface area contributed by atoms with Crippen molar-refractivity contribution in [2.24, 2.45) is 4.99 Å². The zero-order valence-corrected chi connectivity index (χ0v) is 22.9. The summed E-state index contributed by atoms with van der Waals surface area (Å²) < 4.78 is 2.27. The van der Waals surface area contributed by atoms with E-state index >= 15 is 0 Å². The van der Waals surface area contributed by atoms with Crippen LogP contribution in [0.1, 0.15) is 82.7 Å². The molecule has 6 heteroatoms. The molecular formula is C30H38N4OS. The lowest BCUT2D eigenvalue weighted by Crippen LogP contribution is -2.36. The molecule has 5 rings (SSSR count). The second-order valence-electron chi connectivity index (χ2n) is 10.5. The highest BCUT2D eigenvalue weighted by Crippen LogP contribution is 2.40. The molecule has 2 heterocycles. The second kappa shape index (κ2) is 10.6. The van der Waals surface area contributed by atoms with Crippen molar-refractivity contribution in [3.63, 3.8) is 0 Å². The van der Waals surface area contributed by atoms with Gasteiger partial charge in [-0.05, 0) is 88.3 Å². The summed E-state index contributed by atoms with van der Waals surface area (Å²) in [6.45, 7) is 4.28. The molecule has 2 aromatic heterocycles. The average Bonchev–Trinajstić information content (AvgIpc) is 3.39. The van der Waals surface area contributed by atoms with E-state index in [1.807, 2.05) is 6.21 Å². The van der Waals surface area contributed by atoms with Crippen LogP contribution in [0.3, 0.4) is 0 Å². The van der Waals surface area contributed by atoms with Gasteiger partial charge in [0.05, 0.1) is 5.56 Å². The van der Waals surface area contributed by atoms with E-state index in [-0.39, 0.29) is 5.91 Å². The molecule has 1 saturated carbocycles. The first kappa shape index (κ1) is 24.8. The number of nitrogens with one attached hydrogen (secondary N) is 1. The van der Waals surface area contributed by atoms with Crippen molar-refractivity contribution >= 4 is 34.1 Å². The third-order valence-electron chi connectivity index (χ3n) is 7.74. The number of amides is 1. The second-order valence-corrected chi connectivity index (χ2v) is 11.6. The Kier molecular flexibility index (Phi) is 7.33. The summed E-state index contributed by atoms with van der Waals surface area (Å²) in [5.74, 6) is 0.0832. The van der Waals surface area contributed by atoms with Gasteiger partial charge in [0, 0.05) is 59.6 Å². The van der Waals surface area contributed by atoms with Crippen LogP contribution in [0.25, 0.3) is 5.69 Å². The molecule has 2 aliphatic rings. The van der Waals surface area contributed by atoms with E-state index in [1.54, 1.807) is 11.3 Å². The first-order valence-corrected chi connectivity index (χ1v) is 14.2. The molecule has 3 aromatic rings. The van der Waals surface area contributed by atoms with E-state index in [1.165, 1.54) is 47.5 Å². The van der Waals surface area contributed by atoms with Crippen molar-refractivity contribution < 1.29 is 4.79 Å². The summed E-state index contributed by atoms with van der Waals surface area (Å²) in [6.07, 6.45) is 12.3. The van der Waals surface area contributed by atoms with Gasteiger partial charge in [0.2, 0.25) is 0 Å². The van der Waals surface area contributed by atoms with Gasteiger partial charge in [0.15, 0.2) is 0 Å². The zero-order chi connectivity index (χ0) is 25.2. The SMILES string of the molecule is Cc1cc(C=Nc2sc3c(c2C(=O)NC2CCCCC2)CCCC3)c(C)n1-c1ccc(N(C)C)cc1. The molecule has 1 aromatic carbocycles. The van der Waals surface area contributed by atoms with E-state index in [4.69, 9.17) is 4.99 Å². The van der Waals surface area contributed by atoms with Gasteiger partial charge in [-0.15, -0.1) is 11.3 Å². The van der Waals surface area contributed by atoms with Crippen LogP contribution in [0.4, 0.5) is 10.7 Å². The van der Waals surface area contributed by atoms with E-state index in [0.717, 1.165) is 59.6 Å². The molecule has 0 saturated heterocycles. The number of hydrogen-bond donors (Lipinski definition) is 1. The minimum absolute atomic E-state index is 0.0832. The van der Waals surface area contributed by atoms with Crippen molar-refractivity contribution in [1.29, 1.82) is 0 Å². The van der Waals surface area contributed by atoms with Crippen LogP contribution in [0.2, 0.25) is 0 Å². The summed E-state index contributed by atoms with van der Waals surface area (Å²) in [7, 11) is 4.11. The van der Waals surface area contributed by atoms with Crippen LogP contribution in [-0.4, -0.2) is 36.8 Å². The van der Waals surface area contributed by atoms with Gasteiger partial charge in [-0.25, -0.2) is 4.99 Å². The van der Waals surface area contributed by atoms with Crippen molar-refractivity contribution in [2.75, 3.05) is 19.0 Å². The van der Waals surface area contributed by atoms with Gasteiger partial charge in [0.1, 0.15) is 5.00 Å². The summed E-state index contributed by atoms with van der Waals surface area (Å²) in [4.78, 5) is 21.9. The number of benzene rings is 1. The van der Waals surface area contributed by atoms with Gasteiger partial charge in [-0.2, -0.15) is 0 Å². The zero-order valence-electron chi connectivity index (χ0n) is 22.1. The monoisotopic (exact) mass is 502 g/mol. The molecule has 2 aliphatic carbocycles. The highest BCUT2D eigenvalue weighted by molar-refractivity contribution is 7.16. The lowest BCUT2D eigenvalue weighted by molar-refractivity contribution is 0.0927. The predicted octanol–water partition coefficient (Wildman–Crippen LogP) is 6.91. The predicted molar refractivity (Wildman–Crippen MR) is 152 cm³/mol. The van der Waals surface area contributed by atoms with Crippen molar-refractivity contribution in [2.45, 2.75) is 77.7 Å². The van der Waals surface area contributed by atoms with Crippen LogP contribution in [-0.2, 0) is 12.8 Å². The number of aromatic nitrogens is 1. The Bertz CT molecular complexity index is 1260. The van der Waals surface area contributed by atoms with Gasteiger partial charge in [-0.1, -0.05) is 19.3 Å². The van der Waals surface area contributed by atoms with Crippen molar-refractivity contribution in [1.82, 2.24) is 9.88 Å². The van der Waals surface area contributed by atoms with E-state index in [9.17, 15) is 4.79 Å². The molecule has 0 unspecified atom stereocenters. The Morgan fingerprint density at radius 2 is 1.78 bits per heavy atom. The Morgan fingerprint density at radius 3 is 2.50 bits per heavy atom. The van der Waals surface area contributed by atoms with Gasteiger partial charge >= 0.3 is 0 Å². The van der Waals surface area contributed by atoms with Gasteiger partial charge < -0.3 is 14.8 Å². The van der Waals surface area contributed by atoms with Crippen LogP contribution in [0.5, 0.6) is 0 Å². The number of aryl methyl sites for hydroxylation is 2. The number of carbonyl (C=O) groups excluding carboxylic acids is 1. The maximum atomic E-state index is 13.5. The lowest BCUT2D eigenvalue weighted by Gasteiger charge is -2.23. The van der Waals surface area contributed by atoms with Crippen LogP contribution >= 0.6 is 11.3 Å². The van der Waals surface area contributed by atoms with E-state index in [0.29, 0.717) is 6.04 Å². The number of hydrogen-bond acceptors (Lipinski definition) is 4. The molecule has 0 bridgehead atoms. The largest absolute Gasteiger partial charge is 0.378 e. The molecule has 1 fully saturated rings. The van der Waals surface area contributed by atoms with Gasteiger partial charge in [0.25, 0.3) is 5.91 Å². The van der Waals surface area contributed by atoms with Crippen molar-refractivity contribution in [3.05, 3.63) is 63.3 Å². The summed E-state index contributed by atoms with van der Waals surface area (Å²) in [5, 5.41) is 4.23. The van der Waals surface area contributed by atoms with Gasteiger partial charge in [-0.3, -0.25) is 4.79 Å². The number of fused-ring (bicyclic) bond motifs is 1. The topological polar surface area (TPSA) is 49.6 Å². The maximum Gasteiger partial charge on any atom is 0.254 e. The maximum absolute atomic E-state index is 13.5. The Morgan fingerprint density at radius 1 is 1.06 bits per heavy atom. The molecule has 0 atom stereocenters. The molecule has 0 radical (unpaired) electrons. The normalized spacial score (nSPS) is 16.3. The molecule has 0 aliphatic heterocycles. The number of nitrogens with zero attached hydrogens (tertiary/aromatic N) is 3. The van der Waals surface area contributed by atoms with Crippen LogP contribution < -0.4 is 10.2 Å². The summed E-state index contributed by atoms with van der Waals surface area (Å²) in [5.41, 5.74) is 7.84. The minimum Gasteiger partial charge on any atom is -0.378 e.